The summed E-state index contributed by atoms with van der Waals surface area (Å²) < 4.78 is 10.0. The smallest absolute Gasteiger partial charge is 0.269 e. The molecule has 0 amide bonds. The molecule has 4 rings (SSSR count). The van der Waals surface area contributed by atoms with Gasteiger partial charge in [0.25, 0.3) is 5.69 Å². The third-order valence-corrected chi connectivity index (χ3v) is 4.73. The molecule has 0 heterocycles. The van der Waals surface area contributed by atoms with Crippen LogP contribution >= 0.6 is 0 Å². The van der Waals surface area contributed by atoms with Gasteiger partial charge in [0.2, 0.25) is 0 Å². The molecule has 0 unspecified atom stereocenters. The first-order chi connectivity index (χ1) is 17.0. The van der Waals surface area contributed by atoms with Crippen LogP contribution < -0.4 is 15.2 Å². The van der Waals surface area contributed by atoms with E-state index >= 15 is 0 Å². The molecule has 0 aromatic heterocycles. The summed E-state index contributed by atoms with van der Waals surface area (Å²) in [4.78, 5) is 20.2. The number of rotatable bonds is 6. The molecule has 2 N–H and O–H groups in total. The van der Waals surface area contributed by atoms with E-state index in [1.807, 2.05) is 54.6 Å². The Kier molecular flexibility index (Phi) is 10.9. The van der Waals surface area contributed by atoms with Gasteiger partial charge in [0.1, 0.15) is 17.2 Å². The van der Waals surface area contributed by atoms with Crippen molar-refractivity contribution in [1.29, 1.82) is 0 Å². The molecule has 0 radical (unpaired) electrons. The molecule has 8 nitrogen and oxygen atoms in total. The predicted octanol–water partition coefficient (Wildman–Crippen LogP) is 6.56. The Hall–Kier alpha value is -4.72. The number of anilines is 1. The lowest BCUT2D eigenvalue weighted by Gasteiger charge is -2.05. The quantitative estimate of drug-likeness (QED) is 0.147. The summed E-state index contributed by atoms with van der Waals surface area (Å²) >= 11 is 0. The number of hydrogen-bond acceptors (Lipinski definition) is 7. The second-order valence-electron chi connectivity index (χ2n) is 7.11. The van der Waals surface area contributed by atoms with Crippen molar-refractivity contribution in [1.82, 2.24) is 0 Å². The van der Waals surface area contributed by atoms with Gasteiger partial charge in [-0.3, -0.25) is 10.1 Å². The van der Waals surface area contributed by atoms with Crippen molar-refractivity contribution < 1.29 is 14.4 Å². The molecule has 0 aliphatic heterocycles. The van der Waals surface area contributed by atoms with Gasteiger partial charge in [-0.1, -0.05) is 48.5 Å². The normalized spacial score (nSPS) is 9.43. The first kappa shape index (κ1) is 26.5. The second-order valence-corrected chi connectivity index (χ2v) is 7.11. The fourth-order valence-corrected chi connectivity index (χ4v) is 2.87. The number of methoxy groups -OCH3 is 2. The van der Waals surface area contributed by atoms with Crippen molar-refractivity contribution in [2.75, 3.05) is 20.0 Å². The first-order valence-electron chi connectivity index (χ1n) is 10.6. The molecule has 0 fully saturated rings. The van der Waals surface area contributed by atoms with E-state index in [0.717, 1.165) is 28.3 Å². The lowest BCUT2D eigenvalue weighted by molar-refractivity contribution is -0.384. The topological polar surface area (TPSA) is 117 Å². The van der Waals surface area contributed by atoms with Gasteiger partial charge in [-0.25, -0.2) is 0 Å². The minimum Gasteiger partial charge on any atom is -0.497 e. The van der Waals surface area contributed by atoms with Crippen LogP contribution in [-0.2, 0) is 6.42 Å². The summed E-state index contributed by atoms with van der Waals surface area (Å²) in [6, 6.07) is 30.4. The number of nitroso groups, excluding NO2 is 1. The number of ether oxygens (including phenoxy) is 2. The van der Waals surface area contributed by atoms with Gasteiger partial charge in [0.05, 0.1) is 19.1 Å². The molecule has 0 saturated carbocycles. The van der Waals surface area contributed by atoms with E-state index < -0.39 is 4.92 Å². The average Bonchev–Trinajstić information content (AvgIpc) is 2.91. The van der Waals surface area contributed by atoms with Crippen molar-refractivity contribution >= 4 is 17.1 Å². The van der Waals surface area contributed by atoms with E-state index in [-0.39, 0.29) is 5.69 Å². The third kappa shape index (κ3) is 9.35. The highest BCUT2D eigenvalue weighted by atomic mass is 16.6. The van der Waals surface area contributed by atoms with Crippen LogP contribution in [-0.4, -0.2) is 19.1 Å². The molecule has 180 valence electrons. The third-order valence-electron chi connectivity index (χ3n) is 4.73. The molecule has 0 spiro atoms. The Balaban J connectivity index is 0.000000203. The van der Waals surface area contributed by atoms with Gasteiger partial charge < -0.3 is 15.2 Å². The van der Waals surface area contributed by atoms with Crippen LogP contribution in [0.2, 0.25) is 0 Å². The van der Waals surface area contributed by atoms with Gasteiger partial charge in [-0.05, 0) is 65.2 Å². The zero-order valence-electron chi connectivity index (χ0n) is 19.5. The fourth-order valence-electron chi connectivity index (χ4n) is 2.87. The first-order valence-corrected chi connectivity index (χ1v) is 10.6. The van der Waals surface area contributed by atoms with Crippen LogP contribution in [0, 0.1) is 15.0 Å². The summed E-state index contributed by atoms with van der Waals surface area (Å²) in [6.45, 7) is 0. The SMILES string of the molecule is COc1ccc(Cc2ccccc2N=O)cc1.COc1ccc(N)cc1.O=[N+]([O-])c1ccccc1. The Bertz CT molecular complexity index is 1180. The summed E-state index contributed by atoms with van der Waals surface area (Å²) in [5, 5.41) is 13.0. The monoisotopic (exact) mass is 473 g/mol. The van der Waals surface area contributed by atoms with Crippen molar-refractivity contribution in [2.24, 2.45) is 5.18 Å². The molecule has 0 saturated heterocycles. The molecule has 4 aromatic rings. The molecule has 0 bridgehead atoms. The lowest BCUT2D eigenvalue weighted by Crippen LogP contribution is -1.89. The Morgan fingerprint density at radius 2 is 1.29 bits per heavy atom. The highest BCUT2D eigenvalue weighted by molar-refractivity contribution is 5.48. The van der Waals surface area contributed by atoms with Gasteiger partial charge in [-0.15, -0.1) is 4.91 Å². The lowest BCUT2D eigenvalue weighted by atomic mass is 10.0. The molecule has 35 heavy (non-hydrogen) atoms. The number of para-hydroxylation sites is 1. The maximum atomic E-state index is 10.6. The van der Waals surface area contributed by atoms with E-state index in [1.54, 1.807) is 50.6 Å². The number of nitrogens with zero attached hydrogens (tertiary/aromatic N) is 2. The number of nitro benzene ring substituents is 1. The number of nitrogen functional groups attached to an aromatic ring is 1. The van der Waals surface area contributed by atoms with Crippen LogP contribution in [0.15, 0.2) is 108 Å². The van der Waals surface area contributed by atoms with Crippen LogP contribution in [0.1, 0.15) is 11.1 Å². The van der Waals surface area contributed by atoms with Gasteiger partial charge in [0, 0.05) is 17.8 Å². The van der Waals surface area contributed by atoms with Gasteiger partial charge in [-0.2, -0.15) is 0 Å². The molecule has 0 atom stereocenters. The molecule has 0 aliphatic rings. The largest absolute Gasteiger partial charge is 0.497 e. The summed E-state index contributed by atoms with van der Waals surface area (Å²) in [5.41, 5.74) is 8.89. The molecule has 4 aromatic carbocycles. The van der Waals surface area contributed by atoms with Crippen molar-refractivity contribution in [3.8, 4) is 11.5 Å². The van der Waals surface area contributed by atoms with Crippen molar-refractivity contribution in [3.05, 3.63) is 129 Å². The Morgan fingerprint density at radius 3 is 1.77 bits per heavy atom. The predicted molar refractivity (Wildman–Crippen MR) is 138 cm³/mol. The fraction of sp³-hybridized carbons (Fsp3) is 0.111. The van der Waals surface area contributed by atoms with Gasteiger partial charge in [0.15, 0.2) is 0 Å². The molecular weight excluding hydrogens is 446 g/mol. The van der Waals surface area contributed by atoms with Crippen LogP contribution in [0.5, 0.6) is 11.5 Å². The van der Waals surface area contributed by atoms with Crippen molar-refractivity contribution in [3.63, 3.8) is 0 Å². The molecule has 8 heteroatoms. The zero-order chi connectivity index (χ0) is 25.5. The minimum atomic E-state index is -0.417. The van der Waals surface area contributed by atoms with Crippen LogP contribution in [0.25, 0.3) is 0 Å². The minimum absolute atomic E-state index is 0.137. The number of non-ortho nitro benzene ring substituents is 1. The number of nitrogens with two attached hydrogens (primary N) is 1. The van der Waals surface area contributed by atoms with Gasteiger partial charge >= 0.3 is 0 Å². The van der Waals surface area contributed by atoms with E-state index in [0.29, 0.717) is 12.1 Å². The van der Waals surface area contributed by atoms with E-state index in [4.69, 9.17) is 15.2 Å². The molecular formula is C27H27N3O5. The van der Waals surface area contributed by atoms with Crippen molar-refractivity contribution in [2.45, 2.75) is 6.42 Å². The number of nitro groups is 1. The summed E-state index contributed by atoms with van der Waals surface area (Å²) in [7, 11) is 3.27. The van der Waals surface area contributed by atoms with Crippen LogP contribution in [0.3, 0.4) is 0 Å². The Labute approximate surface area is 204 Å². The Morgan fingerprint density at radius 1 is 0.771 bits per heavy atom. The number of hydrogen-bond donors (Lipinski definition) is 1. The van der Waals surface area contributed by atoms with Crippen LogP contribution in [0.4, 0.5) is 17.1 Å². The van der Waals surface area contributed by atoms with E-state index in [9.17, 15) is 15.0 Å². The number of benzene rings is 4. The summed E-state index contributed by atoms with van der Waals surface area (Å²) in [6.07, 6.45) is 0.700. The zero-order valence-corrected chi connectivity index (χ0v) is 19.5. The standard InChI is InChI=1S/C14H13NO2.C7H9NO.C6H5NO2/c1-17-13-8-6-11(7-9-13)10-12-4-2-3-5-14(12)15-16;1-9-7-4-2-6(8)3-5-7;8-7(9)6-4-2-1-3-5-6/h2-9H,10H2,1H3;2-5H,8H2,1H3;1-5H. The maximum absolute atomic E-state index is 10.6. The highest BCUT2D eigenvalue weighted by Crippen LogP contribution is 2.22. The van der Waals surface area contributed by atoms with E-state index in [1.165, 1.54) is 12.1 Å². The highest BCUT2D eigenvalue weighted by Gasteiger charge is 2.03. The average molecular weight is 474 g/mol. The summed E-state index contributed by atoms with van der Waals surface area (Å²) in [5.74, 6) is 1.67. The van der Waals surface area contributed by atoms with E-state index in [2.05, 4.69) is 5.18 Å². The maximum Gasteiger partial charge on any atom is 0.269 e. The molecule has 0 aliphatic carbocycles. The second kappa shape index (κ2) is 14.4.